The number of non-ortho nitro benzene ring substituents is 1. The topological polar surface area (TPSA) is 111 Å². The molecular formula is C36H31N3O6. The number of nitro benzene ring substituents is 1. The summed E-state index contributed by atoms with van der Waals surface area (Å²) in [5.74, 6) is 0.457. The Morgan fingerprint density at radius 3 is 2.40 bits per heavy atom. The molecule has 1 aliphatic carbocycles. The van der Waals surface area contributed by atoms with Gasteiger partial charge in [0.1, 0.15) is 0 Å². The highest BCUT2D eigenvalue weighted by molar-refractivity contribution is 6.10. The van der Waals surface area contributed by atoms with Crippen molar-refractivity contribution in [2.75, 3.05) is 24.4 Å². The highest BCUT2D eigenvalue weighted by Gasteiger charge is 2.41. The van der Waals surface area contributed by atoms with Crippen LogP contribution in [-0.4, -0.2) is 30.8 Å². The smallest absolute Gasteiger partial charge is 0.269 e. The van der Waals surface area contributed by atoms with Crippen molar-refractivity contribution in [2.24, 2.45) is 0 Å². The number of nitro groups is 1. The van der Waals surface area contributed by atoms with Crippen molar-refractivity contribution >= 4 is 34.8 Å². The van der Waals surface area contributed by atoms with Crippen molar-refractivity contribution in [1.29, 1.82) is 0 Å². The van der Waals surface area contributed by atoms with Crippen molar-refractivity contribution in [1.82, 2.24) is 0 Å². The minimum atomic E-state index is -0.914. The Morgan fingerprint density at radius 2 is 1.64 bits per heavy atom. The molecule has 4 aromatic carbocycles. The van der Waals surface area contributed by atoms with Crippen LogP contribution in [-0.2, 0) is 9.59 Å². The van der Waals surface area contributed by atoms with Crippen LogP contribution in [0, 0.1) is 10.1 Å². The van der Waals surface area contributed by atoms with E-state index in [1.54, 1.807) is 37.3 Å². The third-order valence-corrected chi connectivity index (χ3v) is 8.22. The summed E-state index contributed by atoms with van der Waals surface area (Å²) in [6, 6.07) is 27.7. The highest BCUT2D eigenvalue weighted by Crippen LogP contribution is 2.48. The number of carbonyl (C=O) groups is 2. The third kappa shape index (κ3) is 5.80. The van der Waals surface area contributed by atoms with Crippen LogP contribution < -0.4 is 19.7 Å². The maximum Gasteiger partial charge on any atom is 0.269 e. The lowest BCUT2D eigenvalue weighted by Crippen LogP contribution is -2.37. The van der Waals surface area contributed by atoms with Crippen molar-refractivity contribution < 1.29 is 24.0 Å². The van der Waals surface area contributed by atoms with Crippen LogP contribution in [0.4, 0.5) is 17.1 Å². The summed E-state index contributed by atoms with van der Waals surface area (Å²) in [5, 5.41) is 15.3. The third-order valence-electron chi connectivity index (χ3n) is 8.22. The van der Waals surface area contributed by atoms with Crippen LogP contribution in [0.25, 0.3) is 6.08 Å². The van der Waals surface area contributed by atoms with E-state index in [0.717, 1.165) is 11.1 Å². The zero-order valence-corrected chi connectivity index (χ0v) is 24.8. The second kappa shape index (κ2) is 12.5. The highest BCUT2D eigenvalue weighted by atomic mass is 16.6. The second-order valence-electron chi connectivity index (χ2n) is 10.9. The van der Waals surface area contributed by atoms with Gasteiger partial charge in [0.25, 0.3) is 11.6 Å². The first-order valence-electron chi connectivity index (χ1n) is 14.5. The number of allylic oxidation sites excluding steroid dienone is 1. The number of amides is 1. The summed E-state index contributed by atoms with van der Waals surface area (Å²) in [6.07, 6.45) is 3.85. The summed E-state index contributed by atoms with van der Waals surface area (Å²) in [4.78, 5) is 41.4. The molecule has 45 heavy (non-hydrogen) atoms. The molecular weight excluding hydrogens is 570 g/mol. The van der Waals surface area contributed by atoms with Crippen molar-refractivity contribution in [3.8, 4) is 11.5 Å². The maximum atomic E-state index is 14.3. The molecule has 0 bridgehead atoms. The first kappa shape index (κ1) is 29.4. The van der Waals surface area contributed by atoms with E-state index in [-0.39, 0.29) is 29.7 Å². The van der Waals surface area contributed by atoms with E-state index in [4.69, 9.17) is 9.47 Å². The largest absolute Gasteiger partial charge is 0.493 e. The summed E-state index contributed by atoms with van der Waals surface area (Å²) in [7, 11) is 3.14. The van der Waals surface area contributed by atoms with Crippen LogP contribution in [0.15, 0.2) is 114 Å². The summed E-state index contributed by atoms with van der Waals surface area (Å²) >= 11 is 0. The number of Topliss-reactive ketones (excluding diaryl/α,β-unsaturated/α-hetero) is 1. The number of nitrogens with one attached hydrogen (secondary N) is 1. The van der Waals surface area contributed by atoms with Crippen LogP contribution >= 0.6 is 0 Å². The Kier molecular flexibility index (Phi) is 8.16. The van der Waals surface area contributed by atoms with Gasteiger partial charge in [0.05, 0.1) is 36.6 Å². The number of carbonyl (C=O) groups excluding carboxylic acids is 2. The number of benzene rings is 4. The van der Waals surface area contributed by atoms with E-state index < -0.39 is 11.0 Å². The van der Waals surface area contributed by atoms with Gasteiger partial charge < -0.3 is 14.8 Å². The molecule has 2 aliphatic rings. The number of ether oxygens (including phenoxy) is 2. The molecule has 4 aromatic rings. The molecule has 0 unspecified atom stereocenters. The quantitative estimate of drug-likeness (QED) is 0.135. The van der Waals surface area contributed by atoms with Crippen molar-refractivity contribution in [2.45, 2.75) is 24.8 Å². The fourth-order valence-corrected chi connectivity index (χ4v) is 6.11. The Balaban J connectivity index is 1.51. The molecule has 9 heteroatoms. The lowest BCUT2D eigenvalue weighted by atomic mass is 9.78. The lowest BCUT2D eigenvalue weighted by Gasteiger charge is -2.34. The molecule has 0 saturated carbocycles. The van der Waals surface area contributed by atoms with Gasteiger partial charge in [-0.25, -0.2) is 0 Å². The predicted molar refractivity (Wildman–Crippen MR) is 172 cm³/mol. The average Bonchev–Trinajstić information content (AvgIpc) is 3.22. The van der Waals surface area contributed by atoms with Gasteiger partial charge >= 0.3 is 0 Å². The first-order valence-corrected chi connectivity index (χ1v) is 14.5. The van der Waals surface area contributed by atoms with E-state index in [0.29, 0.717) is 46.1 Å². The first-order chi connectivity index (χ1) is 21.9. The molecule has 1 N–H and O–H groups in total. The van der Waals surface area contributed by atoms with Gasteiger partial charge in [0, 0.05) is 35.9 Å². The Bertz CT molecular complexity index is 1850. The van der Waals surface area contributed by atoms with Gasteiger partial charge in [-0.15, -0.1) is 0 Å². The molecule has 0 spiro atoms. The standard InChI is InChI=1S/C36H31N3O6/c1-44-32-17-16-24(22-33(32)45-2)26-20-29-35(31(40)21-26)36(25-11-8-12-27(19-25)39(42)43)38(30-14-7-6-13-28(30)37-29)34(41)18-15-23-9-4-3-5-10-23/h3-19,22,26,36-37H,20-21H2,1-2H3/b18-15+/t26-,36+/m1/s1. The van der Waals surface area contributed by atoms with Gasteiger partial charge in [-0.3, -0.25) is 24.6 Å². The Hall–Kier alpha value is -5.70. The molecule has 1 amide bonds. The fourth-order valence-electron chi connectivity index (χ4n) is 6.11. The van der Waals surface area contributed by atoms with E-state index in [2.05, 4.69) is 5.32 Å². The van der Waals surface area contributed by atoms with Gasteiger partial charge in [0.15, 0.2) is 17.3 Å². The average molecular weight is 602 g/mol. The summed E-state index contributed by atoms with van der Waals surface area (Å²) < 4.78 is 10.9. The van der Waals surface area contributed by atoms with E-state index in [1.165, 1.54) is 18.2 Å². The number of fused-ring (bicyclic) bond motifs is 1. The minimum Gasteiger partial charge on any atom is -0.493 e. The van der Waals surface area contributed by atoms with Gasteiger partial charge in [-0.2, -0.15) is 0 Å². The normalized spacial score (nSPS) is 17.6. The van der Waals surface area contributed by atoms with E-state index in [1.807, 2.05) is 72.8 Å². The molecule has 0 aromatic heterocycles. The van der Waals surface area contributed by atoms with Crippen molar-refractivity contribution in [3.63, 3.8) is 0 Å². The number of hydrogen-bond acceptors (Lipinski definition) is 7. The molecule has 1 aliphatic heterocycles. The number of hydrogen-bond donors (Lipinski definition) is 1. The number of ketones is 1. The monoisotopic (exact) mass is 601 g/mol. The van der Waals surface area contributed by atoms with Crippen LogP contribution in [0.3, 0.4) is 0 Å². The number of anilines is 2. The van der Waals surface area contributed by atoms with Crippen LogP contribution in [0.1, 0.15) is 41.5 Å². The number of methoxy groups -OCH3 is 2. The number of para-hydroxylation sites is 2. The second-order valence-corrected chi connectivity index (χ2v) is 10.9. The molecule has 0 saturated heterocycles. The van der Waals surface area contributed by atoms with E-state index in [9.17, 15) is 19.7 Å². The van der Waals surface area contributed by atoms with E-state index >= 15 is 0 Å². The molecule has 6 rings (SSSR count). The van der Waals surface area contributed by atoms with Crippen LogP contribution in [0.2, 0.25) is 0 Å². The number of rotatable bonds is 7. The Labute approximate surface area is 260 Å². The minimum absolute atomic E-state index is 0.126. The van der Waals surface area contributed by atoms with Gasteiger partial charge in [-0.05, 0) is 59.4 Å². The maximum absolute atomic E-state index is 14.3. The summed E-state index contributed by atoms with van der Waals surface area (Å²) in [5.41, 5.74) is 4.38. The molecule has 9 nitrogen and oxygen atoms in total. The lowest BCUT2D eigenvalue weighted by molar-refractivity contribution is -0.384. The molecule has 1 heterocycles. The summed E-state index contributed by atoms with van der Waals surface area (Å²) in [6.45, 7) is 0. The van der Waals surface area contributed by atoms with Gasteiger partial charge in [0.2, 0.25) is 0 Å². The fraction of sp³-hybridized carbons (Fsp3) is 0.167. The van der Waals surface area contributed by atoms with Crippen molar-refractivity contribution in [3.05, 3.63) is 141 Å². The zero-order chi connectivity index (χ0) is 31.5. The zero-order valence-electron chi connectivity index (χ0n) is 24.8. The van der Waals surface area contributed by atoms with Gasteiger partial charge in [-0.1, -0.05) is 60.7 Å². The van der Waals surface area contributed by atoms with Crippen LogP contribution in [0.5, 0.6) is 11.5 Å². The molecule has 0 fully saturated rings. The molecule has 226 valence electrons. The molecule has 0 radical (unpaired) electrons. The predicted octanol–water partition coefficient (Wildman–Crippen LogP) is 7.23. The molecule has 2 atom stereocenters. The SMILES string of the molecule is COc1ccc([C@H]2CC(=O)C3=C(C2)Nc2ccccc2N(C(=O)/C=C/c2ccccc2)[C@H]3c2cccc([N+](=O)[O-])c2)cc1OC. The number of nitrogens with zero attached hydrogens (tertiary/aromatic N) is 2. The Morgan fingerprint density at radius 1 is 0.889 bits per heavy atom.